The predicted molar refractivity (Wildman–Crippen MR) is 77.7 cm³/mol. The first-order valence-corrected chi connectivity index (χ1v) is 7.05. The lowest BCUT2D eigenvalue weighted by Crippen LogP contribution is -2.29. The van der Waals surface area contributed by atoms with Crippen molar-refractivity contribution in [3.05, 3.63) is 41.4 Å². The molecular weight excluding hydrogens is 258 g/mol. The van der Waals surface area contributed by atoms with Gasteiger partial charge in [-0.3, -0.25) is 4.79 Å². The molecule has 1 aromatic carbocycles. The standard InChI is InChI=1S/C14H17N3OS/c1-10(15)7-13(18)16-8-12-9-19-14(17-12)11-5-3-2-4-6-11/h2-6,9-10H,7-8,15H2,1H3,(H,16,18). The molecule has 0 aliphatic rings. The first kappa shape index (κ1) is 13.7. The van der Waals surface area contributed by atoms with Gasteiger partial charge in [-0.05, 0) is 6.92 Å². The van der Waals surface area contributed by atoms with E-state index in [0.29, 0.717) is 13.0 Å². The highest BCUT2D eigenvalue weighted by Crippen LogP contribution is 2.23. The van der Waals surface area contributed by atoms with Crippen LogP contribution in [0.3, 0.4) is 0 Å². The van der Waals surface area contributed by atoms with E-state index in [2.05, 4.69) is 10.3 Å². The van der Waals surface area contributed by atoms with E-state index in [1.807, 2.05) is 42.6 Å². The molecule has 3 N–H and O–H groups in total. The topological polar surface area (TPSA) is 68.0 Å². The maximum Gasteiger partial charge on any atom is 0.221 e. The average Bonchev–Trinajstić information content (AvgIpc) is 2.85. The van der Waals surface area contributed by atoms with Crippen molar-refractivity contribution >= 4 is 17.2 Å². The summed E-state index contributed by atoms with van der Waals surface area (Å²) in [5, 5.41) is 5.76. The summed E-state index contributed by atoms with van der Waals surface area (Å²) in [6.45, 7) is 2.27. The fourth-order valence-electron chi connectivity index (χ4n) is 1.66. The summed E-state index contributed by atoms with van der Waals surface area (Å²) < 4.78 is 0. The first-order valence-electron chi connectivity index (χ1n) is 6.17. The molecule has 0 bridgehead atoms. The molecule has 19 heavy (non-hydrogen) atoms. The normalized spacial score (nSPS) is 12.1. The highest BCUT2D eigenvalue weighted by molar-refractivity contribution is 7.13. The number of nitrogens with two attached hydrogens (primary N) is 1. The molecule has 0 spiro atoms. The molecule has 1 aromatic heterocycles. The molecule has 100 valence electrons. The van der Waals surface area contributed by atoms with Gasteiger partial charge in [-0.15, -0.1) is 11.3 Å². The van der Waals surface area contributed by atoms with Gasteiger partial charge in [-0.1, -0.05) is 30.3 Å². The number of benzene rings is 1. The molecule has 5 heteroatoms. The van der Waals surface area contributed by atoms with E-state index in [1.165, 1.54) is 0 Å². The van der Waals surface area contributed by atoms with E-state index in [-0.39, 0.29) is 11.9 Å². The second-order valence-corrected chi connectivity index (χ2v) is 5.33. The number of rotatable bonds is 5. The molecule has 4 nitrogen and oxygen atoms in total. The SMILES string of the molecule is CC(N)CC(=O)NCc1csc(-c2ccccc2)n1. The smallest absolute Gasteiger partial charge is 0.221 e. The lowest BCUT2D eigenvalue weighted by atomic mass is 10.2. The van der Waals surface area contributed by atoms with Crippen LogP contribution >= 0.6 is 11.3 Å². The lowest BCUT2D eigenvalue weighted by molar-refractivity contribution is -0.121. The molecular formula is C14H17N3OS. The summed E-state index contributed by atoms with van der Waals surface area (Å²) in [6.07, 6.45) is 0.343. The number of amides is 1. The molecule has 2 aromatic rings. The minimum absolute atomic E-state index is 0.0377. The van der Waals surface area contributed by atoms with Gasteiger partial charge in [0.05, 0.1) is 12.2 Å². The van der Waals surface area contributed by atoms with E-state index in [0.717, 1.165) is 16.3 Å². The quantitative estimate of drug-likeness (QED) is 0.878. The third-order valence-corrected chi connectivity index (χ3v) is 3.49. The van der Waals surface area contributed by atoms with Crippen LogP contribution in [0.5, 0.6) is 0 Å². The number of thiazole rings is 1. The van der Waals surface area contributed by atoms with Gasteiger partial charge in [-0.2, -0.15) is 0 Å². The van der Waals surface area contributed by atoms with Gasteiger partial charge in [0.1, 0.15) is 5.01 Å². The zero-order valence-corrected chi connectivity index (χ0v) is 11.6. The molecule has 1 atom stereocenters. The highest BCUT2D eigenvalue weighted by atomic mass is 32.1. The molecule has 0 saturated carbocycles. The molecule has 0 radical (unpaired) electrons. The van der Waals surface area contributed by atoms with Gasteiger partial charge in [0.25, 0.3) is 0 Å². The van der Waals surface area contributed by atoms with E-state index < -0.39 is 0 Å². The number of hydrogen-bond acceptors (Lipinski definition) is 4. The van der Waals surface area contributed by atoms with Crippen LogP contribution in [0.15, 0.2) is 35.7 Å². The number of nitrogens with one attached hydrogen (secondary N) is 1. The monoisotopic (exact) mass is 275 g/mol. The fraction of sp³-hybridized carbons (Fsp3) is 0.286. The Morgan fingerprint density at radius 2 is 2.16 bits per heavy atom. The van der Waals surface area contributed by atoms with Crippen LogP contribution in [0, 0.1) is 0 Å². The Kier molecular flexibility index (Phi) is 4.65. The predicted octanol–water partition coefficient (Wildman–Crippen LogP) is 2.16. The van der Waals surface area contributed by atoms with Gasteiger partial charge in [0.2, 0.25) is 5.91 Å². The van der Waals surface area contributed by atoms with E-state index in [9.17, 15) is 4.79 Å². The number of nitrogens with zero attached hydrogens (tertiary/aromatic N) is 1. The van der Waals surface area contributed by atoms with Crippen LogP contribution in [0.1, 0.15) is 19.0 Å². The van der Waals surface area contributed by atoms with Crippen molar-refractivity contribution in [3.63, 3.8) is 0 Å². The van der Waals surface area contributed by atoms with Gasteiger partial charge >= 0.3 is 0 Å². The number of hydrogen-bond donors (Lipinski definition) is 2. The van der Waals surface area contributed by atoms with E-state index in [4.69, 9.17) is 5.73 Å². The zero-order chi connectivity index (χ0) is 13.7. The lowest BCUT2D eigenvalue weighted by Gasteiger charge is -2.05. The summed E-state index contributed by atoms with van der Waals surface area (Å²) in [5.74, 6) is -0.0377. The van der Waals surface area contributed by atoms with Crippen LogP contribution in [-0.2, 0) is 11.3 Å². The maximum absolute atomic E-state index is 11.5. The molecule has 0 aliphatic heterocycles. The molecule has 1 amide bonds. The molecule has 1 unspecified atom stereocenters. The maximum atomic E-state index is 11.5. The van der Waals surface area contributed by atoms with Crippen molar-refractivity contribution in [2.75, 3.05) is 0 Å². The Balaban J connectivity index is 1.93. The van der Waals surface area contributed by atoms with Crippen molar-refractivity contribution < 1.29 is 4.79 Å². The van der Waals surface area contributed by atoms with E-state index in [1.54, 1.807) is 11.3 Å². The highest BCUT2D eigenvalue weighted by Gasteiger charge is 2.07. The second-order valence-electron chi connectivity index (χ2n) is 4.47. The minimum Gasteiger partial charge on any atom is -0.350 e. The Labute approximate surface area is 116 Å². The molecule has 0 saturated heterocycles. The second kappa shape index (κ2) is 6.45. The summed E-state index contributed by atoms with van der Waals surface area (Å²) >= 11 is 1.58. The first-order chi connectivity index (χ1) is 9.15. The molecule has 0 aliphatic carbocycles. The van der Waals surface area contributed by atoms with Crippen molar-refractivity contribution in [1.29, 1.82) is 0 Å². The van der Waals surface area contributed by atoms with Gasteiger partial charge in [0, 0.05) is 23.4 Å². The average molecular weight is 275 g/mol. The third-order valence-electron chi connectivity index (χ3n) is 2.55. The Bertz CT molecular complexity index is 537. The van der Waals surface area contributed by atoms with Gasteiger partial charge in [-0.25, -0.2) is 4.98 Å². The minimum atomic E-state index is -0.115. The van der Waals surface area contributed by atoms with Gasteiger partial charge in [0.15, 0.2) is 0 Å². The van der Waals surface area contributed by atoms with E-state index >= 15 is 0 Å². The summed E-state index contributed by atoms with van der Waals surface area (Å²) in [4.78, 5) is 16.0. The van der Waals surface area contributed by atoms with Crippen LogP contribution in [0.2, 0.25) is 0 Å². The number of aromatic nitrogens is 1. The molecule has 0 fully saturated rings. The zero-order valence-electron chi connectivity index (χ0n) is 10.8. The largest absolute Gasteiger partial charge is 0.350 e. The van der Waals surface area contributed by atoms with Crippen molar-refractivity contribution in [3.8, 4) is 10.6 Å². The van der Waals surface area contributed by atoms with Crippen LogP contribution in [0.25, 0.3) is 10.6 Å². The number of carbonyl (C=O) groups excluding carboxylic acids is 1. The van der Waals surface area contributed by atoms with Crippen molar-refractivity contribution in [2.45, 2.75) is 25.9 Å². The number of carbonyl (C=O) groups is 1. The fourth-order valence-corrected chi connectivity index (χ4v) is 2.48. The summed E-state index contributed by atoms with van der Waals surface area (Å²) in [5.41, 5.74) is 7.54. The summed E-state index contributed by atoms with van der Waals surface area (Å²) in [7, 11) is 0. The van der Waals surface area contributed by atoms with Crippen molar-refractivity contribution in [1.82, 2.24) is 10.3 Å². The summed E-state index contributed by atoms with van der Waals surface area (Å²) in [6, 6.07) is 9.89. The Morgan fingerprint density at radius 1 is 1.42 bits per heavy atom. The molecule has 2 rings (SSSR count). The van der Waals surface area contributed by atoms with Crippen LogP contribution in [-0.4, -0.2) is 16.9 Å². The van der Waals surface area contributed by atoms with Crippen LogP contribution in [0.4, 0.5) is 0 Å². The van der Waals surface area contributed by atoms with Crippen LogP contribution < -0.4 is 11.1 Å². The molecule has 1 heterocycles. The van der Waals surface area contributed by atoms with Gasteiger partial charge < -0.3 is 11.1 Å². The van der Waals surface area contributed by atoms with Crippen molar-refractivity contribution in [2.24, 2.45) is 5.73 Å². The third kappa shape index (κ3) is 4.15. The Morgan fingerprint density at radius 3 is 2.84 bits per heavy atom. The Hall–Kier alpha value is -1.72.